The smallest absolute Gasteiger partial charge is 0.127 e. The molecule has 6 fully saturated rings. The fourth-order valence-corrected chi connectivity index (χ4v) is 8.91. The number of nitrogens with zero attached hydrogens (tertiary/aromatic N) is 5. The summed E-state index contributed by atoms with van der Waals surface area (Å²) in [6.07, 6.45) is 9.86. The Labute approximate surface area is 217 Å². The average Bonchev–Trinajstić information content (AvgIpc) is 3.56. The quantitative estimate of drug-likeness (QED) is 0.570. The molecule has 0 saturated carbocycles. The number of hydrogen-bond acceptors (Lipinski definition) is 6. The van der Waals surface area contributed by atoms with Crippen LogP contribution in [-0.2, 0) is 16.0 Å². The molecule has 0 N–H and O–H groups in total. The molecule has 8 heterocycles. The number of fused-ring (bicyclic) bond motifs is 2. The summed E-state index contributed by atoms with van der Waals surface area (Å²) in [4.78, 5) is 8.16. The number of hydrogen-bond donors (Lipinski definition) is 0. The number of rotatable bonds is 7. The molecular weight excluding hydrogens is 450 g/mol. The zero-order valence-electron chi connectivity index (χ0n) is 22.9. The Hall–Kier alpha value is -1.15. The first-order valence-electron chi connectivity index (χ1n) is 15.1. The van der Waals surface area contributed by atoms with Crippen LogP contribution in [0.3, 0.4) is 0 Å². The second kappa shape index (κ2) is 9.25. The highest BCUT2D eigenvalue weighted by atomic mass is 16.5. The molecule has 0 aliphatic carbocycles. The lowest BCUT2D eigenvalue weighted by Crippen LogP contribution is -2.67. The van der Waals surface area contributed by atoms with E-state index in [9.17, 15) is 0 Å². The van der Waals surface area contributed by atoms with Crippen LogP contribution in [0.5, 0.6) is 0 Å². The third-order valence-electron chi connectivity index (χ3n) is 10.7. The van der Waals surface area contributed by atoms with Crippen LogP contribution in [0.2, 0.25) is 0 Å². The normalized spacial score (nSPS) is 39.7. The van der Waals surface area contributed by atoms with Crippen molar-refractivity contribution in [2.75, 3.05) is 31.1 Å². The Morgan fingerprint density at radius 1 is 1.00 bits per heavy atom. The Morgan fingerprint density at radius 2 is 1.86 bits per heavy atom. The van der Waals surface area contributed by atoms with Crippen molar-refractivity contribution in [3.63, 3.8) is 0 Å². The Morgan fingerprint density at radius 3 is 2.69 bits per heavy atom. The molecule has 0 aromatic carbocycles. The summed E-state index contributed by atoms with van der Waals surface area (Å²) < 4.78 is 14.8. The fourth-order valence-electron chi connectivity index (χ4n) is 8.91. The molecule has 4 bridgehead atoms. The van der Waals surface area contributed by atoms with E-state index in [2.05, 4.69) is 53.1 Å². The lowest BCUT2D eigenvalue weighted by atomic mass is 9.70. The standard InChI is InChI=1S/C29H47N5O2/c1-18(2)34-22-12-23-14-25(34)29(26(13-22)36-23)24-15-28-32(9-5-10-33(28)30-24)20(4)7-6-19(3)31-16-21-8-11-35-27(21)17-31/h15,18-23,25-27,29H,5-14,16-17H2,1-4H3. The van der Waals surface area contributed by atoms with Crippen LogP contribution in [-0.4, -0.2) is 94.3 Å². The van der Waals surface area contributed by atoms with Crippen LogP contribution < -0.4 is 4.90 Å². The molecule has 1 aromatic rings. The van der Waals surface area contributed by atoms with Crippen molar-refractivity contribution in [1.29, 1.82) is 0 Å². The van der Waals surface area contributed by atoms with Crippen LogP contribution in [0.25, 0.3) is 0 Å². The van der Waals surface area contributed by atoms with Crippen molar-refractivity contribution in [2.45, 2.75) is 134 Å². The van der Waals surface area contributed by atoms with E-state index in [1.807, 2.05) is 0 Å². The summed E-state index contributed by atoms with van der Waals surface area (Å²) in [5.41, 5.74) is 1.29. The molecule has 200 valence electrons. The van der Waals surface area contributed by atoms with E-state index in [0.29, 0.717) is 54.4 Å². The molecule has 7 nitrogen and oxygen atoms in total. The molecule has 9 unspecified atom stereocenters. The van der Waals surface area contributed by atoms with Crippen LogP contribution in [0.4, 0.5) is 5.82 Å². The van der Waals surface area contributed by atoms with Crippen LogP contribution in [0.15, 0.2) is 6.07 Å². The lowest BCUT2D eigenvalue weighted by molar-refractivity contribution is -0.202. The van der Waals surface area contributed by atoms with Crippen molar-refractivity contribution in [2.24, 2.45) is 5.92 Å². The predicted octanol–water partition coefficient (Wildman–Crippen LogP) is 3.87. The van der Waals surface area contributed by atoms with E-state index in [-0.39, 0.29) is 0 Å². The average molecular weight is 498 g/mol. The van der Waals surface area contributed by atoms with E-state index in [1.165, 1.54) is 63.0 Å². The predicted molar refractivity (Wildman–Crippen MR) is 142 cm³/mol. The minimum atomic E-state index is 0.357. The van der Waals surface area contributed by atoms with Crippen LogP contribution in [0.1, 0.15) is 84.3 Å². The van der Waals surface area contributed by atoms with Gasteiger partial charge in [-0.25, -0.2) is 4.68 Å². The number of likely N-dealkylation sites (tertiary alicyclic amines) is 1. The SMILES string of the molecule is CC(CCC(C)N1CCCn2nc(C3C4CC5CC(CC3N5C(C)C)O4)cc21)N1CC2CCOC2C1. The van der Waals surface area contributed by atoms with Gasteiger partial charge < -0.3 is 14.4 Å². The second-order valence-electron chi connectivity index (χ2n) is 13.2. The molecule has 7 aliphatic heterocycles. The summed E-state index contributed by atoms with van der Waals surface area (Å²) in [5, 5.41) is 5.26. The van der Waals surface area contributed by atoms with Crippen molar-refractivity contribution in [1.82, 2.24) is 19.6 Å². The number of aryl methyl sites for hydroxylation is 1. The van der Waals surface area contributed by atoms with Crippen molar-refractivity contribution < 1.29 is 9.47 Å². The molecule has 9 atom stereocenters. The summed E-state index contributed by atoms with van der Waals surface area (Å²) in [6, 6.07) is 5.53. The number of piperidine rings is 2. The highest BCUT2D eigenvalue weighted by Crippen LogP contribution is 2.50. The maximum atomic E-state index is 6.56. The third kappa shape index (κ3) is 3.95. The molecule has 0 amide bonds. The van der Waals surface area contributed by atoms with Gasteiger partial charge in [0.25, 0.3) is 0 Å². The van der Waals surface area contributed by atoms with Gasteiger partial charge in [-0.3, -0.25) is 9.80 Å². The monoisotopic (exact) mass is 497 g/mol. The second-order valence-corrected chi connectivity index (χ2v) is 13.2. The molecule has 7 heteroatoms. The first-order chi connectivity index (χ1) is 17.5. The lowest BCUT2D eigenvalue weighted by Gasteiger charge is -2.60. The molecule has 36 heavy (non-hydrogen) atoms. The van der Waals surface area contributed by atoms with Gasteiger partial charge in [0.1, 0.15) is 5.82 Å². The first kappa shape index (κ1) is 23.9. The summed E-state index contributed by atoms with van der Waals surface area (Å²) in [7, 11) is 0. The zero-order chi connectivity index (χ0) is 24.6. The minimum absolute atomic E-state index is 0.357. The molecule has 1 aromatic heterocycles. The molecule has 7 aliphatic rings. The Bertz CT molecular complexity index is 938. The third-order valence-corrected chi connectivity index (χ3v) is 10.7. The molecule has 0 radical (unpaired) electrons. The summed E-state index contributed by atoms with van der Waals surface area (Å²) in [6.45, 7) is 15.2. The number of anilines is 1. The van der Waals surface area contributed by atoms with Gasteiger partial charge in [0.05, 0.1) is 24.0 Å². The largest absolute Gasteiger partial charge is 0.377 e. The van der Waals surface area contributed by atoms with Gasteiger partial charge in [-0.2, -0.15) is 5.10 Å². The Balaban J connectivity index is 1.04. The maximum Gasteiger partial charge on any atom is 0.127 e. The van der Waals surface area contributed by atoms with Crippen LogP contribution >= 0.6 is 0 Å². The van der Waals surface area contributed by atoms with E-state index >= 15 is 0 Å². The fraction of sp³-hybridized carbons (Fsp3) is 0.897. The molecular formula is C29H47N5O2. The molecule has 0 spiro atoms. The zero-order valence-corrected chi connectivity index (χ0v) is 22.9. The van der Waals surface area contributed by atoms with Crippen molar-refractivity contribution >= 4 is 5.82 Å². The molecule has 8 rings (SSSR count). The number of ether oxygens (including phenoxy) is 2. The highest BCUT2D eigenvalue weighted by molar-refractivity contribution is 5.45. The van der Waals surface area contributed by atoms with Crippen molar-refractivity contribution in [3.8, 4) is 0 Å². The van der Waals surface area contributed by atoms with E-state index in [0.717, 1.165) is 32.2 Å². The Kier molecular flexibility index (Phi) is 6.15. The number of aromatic nitrogens is 2. The molecule has 6 saturated heterocycles. The first-order valence-corrected chi connectivity index (χ1v) is 15.1. The van der Waals surface area contributed by atoms with Crippen LogP contribution in [0, 0.1) is 5.92 Å². The summed E-state index contributed by atoms with van der Waals surface area (Å²) >= 11 is 0. The van der Waals surface area contributed by atoms with E-state index < -0.39 is 0 Å². The van der Waals surface area contributed by atoms with Gasteiger partial charge in [-0.15, -0.1) is 0 Å². The van der Waals surface area contributed by atoms with Gasteiger partial charge >= 0.3 is 0 Å². The van der Waals surface area contributed by atoms with Gasteiger partial charge in [0.2, 0.25) is 0 Å². The van der Waals surface area contributed by atoms with Gasteiger partial charge in [-0.05, 0) is 72.6 Å². The summed E-state index contributed by atoms with van der Waals surface area (Å²) in [5.74, 6) is 2.55. The minimum Gasteiger partial charge on any atom is -0.377 e. The maximum absolute atomic E-state index is 6.56. The topological polar surface area (TPSA) is 46.0 Å². The van der Waals surface area contributed by atoms with Gasteiger partial charge in [-0.1, -0.05) is 0 Å². The van der Waals surface area contributed by atoms with Gasteiger partial charge in [0, 0.05) is 80.9 Å². The van der Waals surface area contributed by atoms with E-state index in [4.69, 9.17) is 14.6 Å². The van der Waals surface area contributed by atoms with E-state index in [1.54, 1.807) is 0 Å². The van der Waals surface area contributed by atoms with Gasteiger partial charge in [0.15, 0.2) is 0 Å². The van der Waals surface area contributed by atoms with Crippen molar-refractivity contribution in [3.05, 3.63) is 11.8 Å². The highest BCUT2D eigenvalue weighted by Gasteiger charge is 2.55.